The number of benzene rings is 1. The molecule has 0 spiro atoms. The smallest absolute Gasteiger partial charge is 0.103 e. The van der Waals surface area contributed by atoms with Gasteiger partial charge in [0, 0.05) is 37.8 Å². The maximum atomic E-state index is 5.69. The first kappa shape index (κ1) is 14.4. The van der Waals surface area contributed by atoms with Gasteiger partial charge in [0.05, 0.1) is 0 Å². The average molecular weight is 277 g/mol. The second-order valence-corrected chi connectivity index (χ2v) is 5.78. The molecule has 19 heavy (non-hydrogen) atoms. The molecule has 0 amide bonds. The summed E-state index contributed by atoms with van der Waals surface area (Å²) in [6.07, 6.45) is 1.21. The van der Waals surface area contributed by atoms with Crippen molar-refractivity contribution in [2.24, 2.45) is 5.73 Å². The van der Waals surface area contributed by atoms with Crippen molar-refractivity contribution in [2.75, 3.05) is 26.7 Å². The van der Waals surface area contributed by atoms with Crippen molar-refractivity contribution in [1.82, 2.24) is 9.80 Å². The van der Waals surface area contributed by atoms with Gasteiger partial charge in [-0.15, -0.1) is 0 Å². The Morgan fingerprint density at radius 1 is 1.42 bits per heavy atom. The Labute approximate surface area is 121 Å². The van der Waals surface area contributed by atoms with Crippen molar-refractivity contribution < 1.29 is 0 Å². The Morgan fingerprint density at radius 3 is 2.89 bits per heavy atom. The summed E-state index contributed by atoms with van der Waals surface area (Å²) >= 11 is 5.04. The van der Waals surface area contributed by atoms with Crippen LogP contribution >= 0.6 is 12.2 Å². The third-order valence-electron chi connectivity index (χ3n) is 3.95. The van der Waals surface area contributed by atoms with E-state index in [4.69, 9.17) is 18.0 Å². The third kappa shape index (κ3) is 3.75. The highest BCUT2D eigenvalue weighted by atomic mass is 32.1. The molecule has 0 aliphatic carbocycles. The van der Waals surface area contributed by atoms with Gasteiger partial charge in [0.2, 0.25) is 0 Å². The van der Waals surface area contributed by atoms with Crippen LogP contribution in [0.4, 0.5) is 0 Å². The first-order valence-corrected chi connectivity index (χ1v) is 7.32. The minimum Gasteiger partial charge on any atom is -0.389 e. The van der Waals surface area contributed by atoms with Crippen LogP contribution in [0.25, 0.3) is 0 Å². The van der Waals surface area contributed by atoms with Gasteiger partial charge in [-0.05, 0) is 25.1 Å². The molecule has 1 aromatic carbocycles. The molecule has 104 valence electrons. The second kappa shape index (κ2) is 6.46. The van der Waals surface area contributed by atoms with Gasteiger partial charge in [-0.1, -0.05) is 37.3 Å². The Hall–Kier alpha value is -0.970. The highest BCUT2D eigenvalue weighted by Gasteiger charge is 2.22. The topological polar surface area (TPSA) is 32.5 Å². The van der Waals surface area contributed by atoms with Crippen molar-refractivity contribution in [1.29, 1.82) is 0 Å². The Kier molecular flexibility index (Phi) is 4.91. The van der Waals surface area contributed by atoms with E-state index in [1.54, 1.807) is 0 Å². The number of thiocarbonyl (C=S) groups is 1. The molecule has 2 rings (SSSR count). The van der Waals surface area contributed by atoms with Crippen LogP contribution in [0.3, 0.4) is 0 Å². The second-order valence-electron chi connectivity index (χ2n) is 5.34. The van der Waals surface area contributed by atoms with Crippen molar-refractivity contribution in [3.8, 4) is 0 Å². The van der Waals surface area contributed by atoms with Crippen LogP contribution in [0.5, 0.6) is 0 Å². The fraction of sp³-hybridized carbons (Fsp3) is 0.533. The van der Waals surface area contributed by atoms with E-state index in [0.29, 0.717) is 11.0 Å². The predicted octanol–water partition coefficient (Wildman–Crippen LogP) is 1.85. The fourth-order valence-electron chi connectivity index (χ4n) is 2.68. The molecule has 0 aromatic heterocycles. The third-order valence-corrected chi connectivity index (χ3v) is 4.19. The van der Waals surface area contributed by atoms with Gasteiger partial charge in [-0.2, -0.15) is 0 Å². The number of piperazine rings is 1. The molecule has 1 unspecified atom stereocenters. The summed E-state index contributed by atoms with van der Waals surface area (Å²) in [5.74, 6) is 0. The minimum absolute atomic E-state index is 0.478. The van der Waals surface area contributed by atoms with Crippen LogP contribution in [0.15, 0.2) is 24.3 Å². The molecule has 1 heterocycles. The number of likely N-dealkylation sites (N-methyl/N-ethyl adjacent to an activating group) is 1. The van der Waals surface area contributed by atoms with E-state index in [-0.39, 0.29) is 0 Å². The van der Waals surface area contributed by atoms with Crippen LogP contribution in [0, 0.1) is 0 Å². The van der Waals surface area contributed by atoms with Crippen LogP contribution in [0.2, 0.25) is 0 Å². The standard InChI is InChI=1S/C15H23N3S/c1-3-14-11-18(8-7-17(14)2)10-12-5-4-6-13(9-12)15(16)19/h4-6,9,14H,3,7-8,10-11H2,1-2H3,(H2,16,19). The molecule has 1 aliphatic heterocycles. The number of nitrogens with zero attached hydrogens (tertiary/aromatic N) is 2. The zero-order valence-electron chi connectivity index (χ0n) is 11.8. The summed E-state index contributed by atoms with van der Waals surface area (Å²) in [6, 6.07) is 8.96. The molecule has 0 saturated carbocycles. The molecule has 3 nitrogen and oxygen atoms in total. The molecule has 4 heteroatoms. The van der Waals surface area contributed by atoms with Crippen molar-refractivity contribution in [3.05, 3.63) is 35.4 Å². The van der Waals surface area contributed by atoms with E-state index in [2.05, 4.69) is 35.9 Å². The summed E-state index contributed by atoms with van der Waals surface area (Å²) in [6.45, 7) is 6.67. The Bertz CT molecular complexity index is 447. The summed E-state index contributed by atoms with van der Waals surface area (Å²) in [7, 11) is 2.22. The van der Waals surface area contributed by atoms with Gasteiger partial charge in [-0.25, -0.2) is 0 Å². The highest BCUT2D eigenvalue weighted by Crippen LogP contribution is 2.14. The number of hydrogen-bond acceptors (Lipinski definition) is 3. The first-order chi connectivity index (χ1) is 9.10. The SMILES string of the molecule is CCC1CN(Cc2cccc(C(N)=S)c2)CCN1C. The fourth-order valence-corrected chi connectivity index (χ4v) is 2.80. The van der Waals surface area contributed by atoms with Crippen LogP contribution in [0.1, 0.15) is 24.5 Å². The molecular formula is C15H23N3S. The van der Waals surface area contributed by atoms with Crippen LogP contribution in [-0.2, 0) is 6.54 Å². The highest BCUT2D eigenvalue weighted by molar-refractivity contribution is 7.80. The van der Waals surface area contributed by atoms with Crippen molar-refractivity contribution in [2.45, 2.75) is 25.9 Å². The largest absolute Gasteiger partial charge is 0.389 e. The van der Waals surface area contributed by atoms with Gasteiger partial charge < -0.3 is 10.6 Å². The average Bonchev–Trinajstić information content (AvgIpc) is 2.41. The Balaban J connectivity index is 2.01. The van der Waals surface area contributed by atoms with Crippen LogP contribution in [-0.4, -0.2) is 47.5 Å². The lowest BCUT2D eigenvalue weighted by Crippen LogP contribution is -2.50. The van der Waals surface area contributed by atoms with Crippen molar-refractivity contribution in [3.63, 3.8) is 0 Å². The van der Waals surface area contributed by atoms with E-state index < -0.39 is 0 Å². The maximum Gasteiger partial charge on any atom is 0.103 e. The van der Waals surface area contributed by atoms with Gasteiger partial charge in [0.25, 0.3) is 0 Å². The molecule has 1 saturated heterocycles. The van der Waals surface area contributed by atoms with Gasteiger partial charge >= 0.3 is 0 Å². The lowest BCUT2D eigenvalue weighted by Gasteiger charge is -2.39. The van der Waals surface area contributed by atoms with Crippen molar-refractivity contribution >= 4 is 17.2 Å². The molecule has 0 radical (unpaired) electrons. The van der Waals surface area contributed by atoms with Gasteiger partial charge in [-0.3, -0.25) is 4.90 Å². The molecule has 2 N–H and O–H groups in total. The lowest BCUT2D eigenvalue weighted by molar-refractivity contribution is 0.0884. The van der Waals surface area contributed by atoms with Gasteiger partial charge in [0.15, 0.2) is 0 Å². The number of rotatable bonds is 4. The molecular weight excluding hydrogens is 254 g/mol. The first-order valence-electron chi connectivity index (χ1n) is 6.91. The van der Waals surface area contributed by atoms with E-state index >= 15 is 0 Å². The zero-order valence-corrected chi connectivity index (χ0v) is 12.6. The molecule has 1 aromatic rings. The Morgan fingerprint density at radius 2 is 2.21 bits per heavy atom. The predicted molar refractivity (Wildman–Crippen MR) is 84.3 cm³/mol. The number of hydrogen-bond donors (Lipinski definition) is 1. The van der Waals surface area contributed by atoms with Crippen LogP contribution < -0.4 is 5.73 Å². The van der Waals surface area contributed by atoms with E-state index in [9.17, 15) is 0 Å². The summed E-state index contributed by atoms with van der Waals surface area (Å²) < 4.78 is 0. The summed E-state index contributed by atoms with van der Waals surface area (Å²) in [4.78, 5) is 5.46. The van der Waals surface area contributed by atoms with Gasteiger partial charge in [0.1, 0.15) is 4.99 Å². The quantitative estimate of drug-likeness (QED) is 0.851. The monoisotopic (exact) mass is 277 g/mol. The molecule has 1 aliphatic rings. The van der Waals surface area contributed by atoms with E-state index in [1.165, 1.54) is 12.0 Å². The van der Waals surface area contributed by atoms with E-state index in [1.807, 2.05) is 12.1 Å². The molecule has 0 bridgehead atoms. The molecule has 1 atom stereocenters. The zero-order chi connectivity index (χ0) is 13.8. The lowest BCUT2D eigenvalue weighted by atomic mass is 10.1. The minimum atomic E-state index is 0.478. The number of nitrogens with two attached hydrogens (primary N) is 1. The maximum absolute atomic E-state index is 5.69. The normalized spacial score (nSPS) is 21.5. The molecule has 1 fully saturated rings. The summed E-state index contributed by atoms with van der Waals surface area (Å²) in [5, 5.41) is 0. The van der Waals surface area contributed by atoms with E-state index in [0.717, 1.165) is 31.7 Å². The summed E-state index contributed by atoms with van der Waals surface area (Å²) in [5.41, 5.74) is 7.95.